The molecule has 2 aliphatic rings. The number of nitrogens with zero attached hydrogens (tertiary/aromatic N) is 2. The summed E-state index contributed by atoms with van der Waals surface area (Å²) >= 11 is 1.43. The van der Waals surface area contributed by atoms with Crippen molar-refractivity contribution in [3.8, 4) is 0 Å². The Morgan fingerprint density at radius 1 is 1.23 bits per heavy atom. The molecule has 0 saturated carbocycles. The summed E-state index contributed by atoms with van der Waals surface area (Å²) in [6.07, 6.45) is 1.22. The van der Waals surface area contributed by atoms with E-state index in [2.05, 4.69) is 11.9 Å². The molecule has 7 heteroatoms. The van der Waals surface area contributed by atoms with Gasteiger partial charge < -0.3 is 25.0 Å². The highest BCUT2D eigenvalue weighted by molar-refractivity contribution is 8.14. The minimum absolute atomic E-state index is 0.342. The second-order valence-corrected chi connectivity index (χ2v) is 7.35. The molecule has 6 nitrogen and oxygen atoms in total. The number of ether oxygens (including phenoxy) is 1. The Bertz CT molecular complexity index is 394. The summed E-state index contributed by atoms with van der Waals surface area (Å²) in [5.41, 5.74) is -0.342. The van der Waals surface area contributed by atoms with E-state index in [1.54, 1.807) is 0 Å². The predicted octanol–water partition coefficient (Wildman–Crippen LogP) is 0.797. The number of aliphatic hydroxyl groups is 3. The van der Waals surface area contributed by atoms with Crippen LogP contribution in [0.1, 0.15) is 39.0 Å². The molecule has 0 amide bonds. The van der Waals surface area contributed by atoms with Gasteiger partial charge in [0.15, 0.2) is 5.17 Å². The van der Waals surface area contributed by atoms with Gasteiger partial charge in [0.2, 0.25) is 0 Å². The minimum atomic E-state index is -1.10. The van der Waals surface area contributed by atoms with Crippen LogP contribution in [0.5, 0.6) is 0 Å². The van der Waals surface area contributed by atoms with E-state index < -0.39 is 30.5 Å². The van der Waals surface area contributed by atoms with E-state index in [0.717, 1.165) is 30.9 Å². The van der Waals surface area contributed by atoms with Crippen molar-refractivity contribution in [3.63, 3.8) is 0 Å². The van der Waals surface area contributed by atoms with Crippen LogP contribution in [-0.2, 0) is 4.74 Å². The molecule has 0 aromatic rings. The summed E-state index contributed by atoms with van der Waals surface area (Å²) in [5.74, 6) is 0. The van der Waals surface area contributed by atoms with Crippen molar-refractivity contribution in [3.05, 3.63) is 0 Å². The third kappa shape index (κ3) is 3.94. The molecule has 2 aliphatic heterocycles. The zero-order chi connectivity index (χ0) is 16.3. The van der Waals surface area contributed by atoms with Gasteiger partial charge in [0.25, 0.3) is 0 Å². The molecule has 1 unspecified atom stereocenters. The highest BCUT2D eigenvalue weighted by Crippen LogP contribution is 2.38. The minimum Gasteiger partial charge on any atom is -0.390 e. The standard InChI is InChI=1S/C15H28N2O4S/c1-4-5-6-7-8-9(18)13-12(20)11(19)10-14(21-13)22-15(16-10)17(2)3/h9-14,18-20H,4-8H2,1-3H3/t9?,10-,11-,12+,13-,14-/m1/s1. The van der Waals surface area contributed by atoms with Crippen molar-refractivity contribution in [2.24, 2.45) is 4.99 Å². The van der Waals surface area contributed by atoms with Crippen LogP contribution in [0, 0.1) is 0 Å². The molecule has 2 rings (SSSR count). The summed E-state index contributed by atoms with van der Waals surface area (Å²) in [4.78, 5) is 6.27. The topological polar surface area (TPSA) is 85.5 Å². The van der Waals surface area contributed by atoms with Crippen molar-refractivity contribution < 1.29 is 20.1 Å². The normalized spacial score (nSPS) is 35.9. The third-order valence-corrected chi connectivity index (χ3v) is 5.51. The van der Waals surface area contributed by atoms with Crippen LogP contribution in [0.4, 0.5) is 0 Å². The second-order valence-electron chi connectivity index (χ2n) is 6.28. The fourth-order valence-corrected chi connectivity index (χ4v) is 4.00. The molecule has 3 N–H and O–H groups in total. The van der Waals surface area contributed by atoms with Crippen molar-refractivity contribution in [1.29, 1.82) is 0 Å². The fraction of sp³-hybridized carbons (Fsp3) is 0.933. The average Bonchev–Trinajstić information content (AvgIpc) is 2.91. The molecule has 0 bridgehead atoms. The van der Waals surface area contributed by atoms with Gasteiger partial charge in [0.1, 0.15) is 29.8 Å². The van der Waals surface area contributed by atoms with E-state index in [9.17, 15) is 15.3 Å². The predicted molar refractivity (Wildman–Crippen MR) is 87.9 cm³/mol. The summed E-state index contributed by atoms with van der Waals surface area (Å²) < 4.78 is 5.85. The average molecular weight is 332 g/mol. The van der Waals surface area contributed by atoms with E-state index in [1.807, 2.05) is 19.0 Å². The Morgan fingerprint density at radius 2 is 1.95 bits per heavy atom. The van der Waals surface area contributed by atoms with Crippen molar-refractivity contribution in [2.75, 3.05) is 14.1 Å². The molecule has 128 valence electrons. The summed E-state index contributed by atoms with van der Waals surface area (Å²) in [7, 11) is 3.76. The van der Waals surface area contributed by atoms with Gasteiger partial charge in [-0.1, -0.05) is 44.4 Å². The Balaban J connectivity index is 1.93. The van der Waals surface area contributed by atoms with Crippen LogP contribution >= 0.6 is 11.8 Å². The van der Waals surface area contributed by atoms with Crippen molar-refractivity contribution in [2.45, 2.75) is 74.9 Å². The number of amidine groups is 1. The zero-order valence-electron chi connectivity index (χ0n) is 13.6. The number of unbranched alkanes of at least 4 members (excludes halogenated alkanes) is 3. The largest absolute Gasteiger partial charge is 0.390 e. The monoisotopic (exact) mass is 332 g/mol. The fourth-order valence-electron chi connectivity index (χ4n) is 2.85. The molecule has 22 heavy (non-hydrogen) atoms. The first kappa shape index (κ1) is 18.0. The molecule has 0 aromatic carbocycles. The maximum absolute atomic E-state index is 10.3. The SMILES string of the molecule is CCCCCCC(O)[C@H]1O[C@@H]2SC(N(C)C)=N[C@@H]2[C@@H](O)[C@@H]1O. The van der Waals surface area contributed by atoms with Gasteiger partial charge in [-0.05, 0) is 6.42 Å². The Morgan fingerprint density at radius 3 is 2.59 bits per heavy atom. The van der Waals surface area contributed by atoms with Crippen LogP contribution in [0.2, 0.25) is 0 Å². The van der Waals surface area contributed by atoms with Gasteiger partial charge in [-0.15, -0.1) is 0 Å². The van der Waals surface area contributed by atoms with Crippen molar-refractivity contribution >= 4 is 16.9 Å². The van der Waals surface area contributed by atoms with E-state index in [0.29, 0.717) is 6.42 Å². The lowest BCUT2D eigenvalue weighted by atomic mass is 9.92. The van der Waals surface area contributed by atoms with E-state index in [1.165, 1.54) is 11.8 Å². The van der Waals surface area contributed by atoms with Gasteiger partial charge >= 0.3 is 0 Å². The van der Waals surface area contributed by atoms with Gasteiger partial charge in [0.05, 0.1) is 6.10 Å². The molecule has 6 atom stereocenters. The maximum Gasteiger partial charge on any atom is 0.161 e. The number of aliphatic imine (C=N–C) groups is 1. The highest BCUT2D eigenvalue weighted by Gasteiger charge is 2.50. The van der Waals surface area contributed by atoms with E-state index in [-0.39, 0.29) is 5.44 Å². The number of aliphatic hydroxyl groups excluding tert-OH is 3. The number of rotatable bonds is 6. The number of hydrogen-bond acceptors (Lipinski definition) is 7. The molecular formula is C15H28N2O4S. The van der Waals surface area contributed by atoms with E-state index >= 15 is 0 Å². The number of fused-ring (bicyclic) bond motifs is 1. The van der Waals surface area contributed by atoms with Crippen LogP contribution in [0.3, 0.4) is 0 Å². The molecule has 2 heterocycles. The lowest BCUT2D eigenvalue weighted by molar-refractivity contribution is -0.185. The Kier molecular flexibility index (Phi) is 6.52. The lowest BCUT2D eigenvalue weighted by Crippen LogP contribution is -2.58. The van der Waals surface area contributed by atoms with Crippen LogP contribution in [0.25, 0.3) is 0 Å². The molecule has 0 aliphatic carbocycles. The van der Waals surface area contributed by atoms with Gasteiger partial charge in [-0.2, -0.15) is 0 Å². The smallest absolute Gasteiger partial charge is 0.161 e. The van der Waals surface area contributed by atoms with Crippen LogP contribution in [-0.4, -0.2) is 75.4 Å². The van der Waals surface area contributed by atoms with Gasteiger partial charge in [-0.3, -0.25) is 4.99 Å². The summed E-state index contributed by atoms with van der Waals surface area (Å²) in [5, 5.41) is 31.6. The first-order valence-electron chi connectivity index (χ1n) is 8.07. The third-order valence-electron chi connectivity index (χ3n) is 4.20. The molecule has 1 fully saturated rings. The number of hydrogen-bond donors (Lipinski definition) is 3. The molecule has 1 saturated heterocycles. The van der Waals surface area contributed by atoms with Crippen molar-refractivity contribution in [1.82, 2.24) is 4.90 Å². The Hall–Kier alpha value is -0.340. The summed E-state index contributed by atoms with van der Waals surface area (Å²) in [6, 6.07) is -0.471. The van der Waals surface area contributed by atoms with Gasteiger partial charge in [0, 0.05) is 14.1 Å². The first-order chi connectivity index (χ1) is 10.5. The molecule has 0 radical (unpaired) electrons. The molecule has 0 spiro atoms. The first-order valence-corrected chi connectivity index (χ1v) is 8.95. The zero-order valence-corrected chi connectivity index (χ0v) is 14.4. The van der Waals surface area contributed by atoms with E-state index in [4.69, 9.17) is 4.74 Å². The quantitative estimate of drug-likeness (QED) is 0.624. The van der Waals surface area contributed by atoms with Gasteiger partial charge in [-0.25, -0.2) is 0 Å². The molecular weight excluding hydrogens is 304 g/mol. The second kappa shape index (κ2) is 7.97. The Labute approximate surface area is 136 Å². The molecule has 0 aromatic heterocycles. The highest BCUT2D eigenvalue weighted by atomic mass is 32.2. The van der Waals surface area contributed by atoms with Crippen LogP contribution in [0.15, 0.2) is 4.99 Å². The summed E-state index contributed by atoms with van der Waals surface area (Å²) in [6.45, 7) is 2.14. The number of thioether (sulfide) groups is 1. The maximum atomic E-state index is 10.3. The van der Waals surface area contributed by atoms with Crippen LogP contribution < -0.4 is 0 Å². The lowest BCUT2D eigenvalue weighted by Gasteiger charge is -2.40.